The number of hydrogen-bond donors (Lipinski definition) is 1. The molecule has 1 nitrogen and oxygen atoms in total. The molecule has 1 aliphatic heterocycles. The summed E-state index contributed by atoms with van der Waals surface area (Å²) >= 11 is 0. The van der Waals surface area contributed by atoms with Gasteiger partial charge in [0.25, 0.3) is 0 Å². The quantitative estimate of drug-likeness (QED) is 0.703. The molecule has 1 aromatic carbocycles. The first-order valence-electron chi connectivity index (χ1n) is 4.57. The maximum absolute atomic E-state index is 12.9. The van der Waals surface area contributed by atoms with Crippen LogP contribution >= 0.6 is 12.4 Å². The average molecular weight is 256 g/mol. The molecule has 1 atom stereocenters. The highest BCUT2D eigenvalue weighted by atomic mass is 35.5. The predicted molar refractivity (Wildman–Crippen MR) is 54.2 cm³/mol. The molecule has 1 aromatic rings. The molecule has 0 bridgehead atoms. The molecule has 16 heavy (non-hydrogen) atoms. The molecule has 6 heteroatoms. The number of hydrogen-bond acceptors (Lipinski definition) is 1. The van der Waals surface area contributed by atoms with Crippen LogP contribution in [0.5, 0.6) is 0 Å². The molecule has 1 heterocycles. The van der Waals surface area contributed by atoms with Crippen molar-refractivity contribution in [2.45, 2.75) is 18.6 Å². The minimum atomic E-state index is -4.37. The van der Waals surface area contributed by atoms with Gasteiger partial charge in [0.2, 0.25) is 0 Å². The van der Waals surface area contributed by atoms with Gasteiger partial charge in [-0.15, -0.1) is 12.4 Å². The Labute approximate surface area is 96.3 Å². The zero-order chi connectivity index (χ0) is 11.1. The molecule has 0 amide bonds. The molecule has 1 N–H and O–H groups in total. The van der Waals surface area contributed by atoms with Gasteiger partial charge >= 0.3 is 6.18 Å². The van der Waals surface area contributed by atoms with Gasteiger partial charge in [0.05, 0.1) is 0 Å². The van der Waals surface area contributed by atoms with E-state index in [9.17, 15) is 17.6 Å². The van der Waals surface area contributed by atoms with E-state index in [0.29, 0.717) is 12.0 Å². The number of halogens is 5. The molecule has 0 aromatic heterocycles. The highest BCUT2D eigenvalue weighted by Gasteiger charge is 2.42. The Balaban J connectivity index is 0.00000128. The Bertz CT molecular complexity index is 378. The van der Waals surface area contributed by atoms with Crippen LogP contribution in [-0.2, 0) is 6.42 Å². The van der Waals surface area contributed by atoms with E-state index in [-0.39, 0.29) is 24.5 Å². The molecule has 2 rings (SSSR count). The minimum absolute atomic E-state index is 0. The van der Waals surface area contributed by atoms with Crippen LogP contribution in [0.25, 0.3) is 0 Å². The standard InChI is InChI=1S/C10H9F4N.ClH/c11-7-2-1-6-3-4-15-9(8(6)5-7)10(12,13)14;/h1-2,5,9,15H,3-4H2;1H. The van der Waals surface area contributed by atoms with Crippen LogP contribution in [0.3, 0.4) is 0 Å². The van der Waals surface area contributed by atoms with Gasteiger partial charge in [0.1, 0.15) is 11.9 Å². The Kier molecular flexibility index (Phi) is 3.80. The number of benzene rings is 1. The van der Waals surface area contributed by atoms with Gasteiger partial charge in [-0.25, -0.2) is 4.39 Å². The lowest BCUT2D eigenvalue weighted by Gasteiger charge is -2.28. The summed E-state index contributed by atoms with van der Waals surface area (Å²) in [4.78, 5) is 0. The molecule has 0 saturated carbocycles. The van der Waals surface area contributed by atoms with Crippen molar-refractivity contribution in [2.24, 2.45) is 0 Å². The van der Waals surface area contributed by atoms with Gasteiger partial charge in [-0.2, -0.15) is 13.2 Å². The Hall–Kier alpha value is -0.810. The van der Waals surface area contributed by atoms with Crippen molar-refractivity contribution >= 4 is 12.4 Å². The minimum Gasteiger partial charge on any atom is -0.302 e. The number of alkyl halides is 3. The Morgan fingerprint density at radius 1 is 1.25 bits per heavy atom. The number of fused-ring (bicyclic) bond motifs is 1. The van der Waals surface area contributed by atoms with Crippen LogP contribution in [0, 0.1) is 5.82 Å². The summed E-state index contributed by atoms with van der Waals surface area (Å²) < 4.78 is 50.6. The smallest absolute Gasteiger partial charge is 0.302 e. The summed E-state index contributed by atoms with van der Waals surface area (Å²) in [6, 6.07) is 1.83. The Morgan fingerprint density at radius 2 is 1.94 bits per heavy atom. The Morgan fingerprint density at radius 3 is 2.56 bits per heavy atom. The fraction of sp³-hybridized carbons (Fsp3) is 0.400. The van der Waals surface area contributed by atoms with Crippen LogP contribution in [0.15, 0.2) is 18.2 Å². The lowest BCUT2D eigenvalue weighted by molar-refractivity contribution is -0.158. The van der Waals surface area contributed by atoms with Crippen molar-refractivity contribution in [1.29, 1.82) is 0 Å². The van der Waals surface area contributed by atoms with Crippen molar-refractivity contribution in [1.82, 2.24) is 5.32 Å². The third kappa shape index (κ3) is 2.47. The van der Waals surface area contributed by atoms with E-state index in [0.717, 1.165) is 6.07 Å². The topological polar surface area (TPSA) is 12.0 Å². The summed E-state index contributed by atoms with van der Waals surface area (Å²) in [7, 11) is 0. The van der Waals surface area contributed by atoms with Crippen molar-refractivity contribution in [3.8, 4) is 0 Å². The molecule has 0 aliphatic carbocycles. The summed E-state index contributed by atoms with van der Waals surface area (Å²) in [5.41, 5.74) is 0.575. The molecule has 1 unspecified atom stereocenters. The maximum Gasteiger partial charge on any atom is 0.407 e. The summed E-state index contributed by atoms with van der Waals surface area (Å²) in [6.45, 7) is 0.267. The van der Waals surface area contributed by atoms with E-state index < -0.39 is 18.0 Å². The zero-order valence-electron chi connectivity index (χ0n) is 8.14. The lowest BCUT2D eigenvalue weighted by atomic mass is 9.94. The summed E-state index contributed by atoms with van der Waals surface area (Å²) in [5.74, 6) is -0.633. The van der Waals surface area contributed by atoms with E-state index in [2.05, 4.69) is 5.32 Å². The third-order valence-corrected chi connectivity index (χ3v) is 2.49. The zero-order valence-corrected chi connectivity index (χ0v) is 8.96. The van der Waals surface area contributed by atoms with E-state index in [1.54, 1.807) is 0 Å². The van der Waals surface area contributed by atoms with E-state index in [4.69, 9.17) is 0 Å². The lowest BCUT2D eigenvalue weighted by Crippen LogP contribution is -2.39. The van der Waals surface area contributed by atoms with Crippen molar-refractivity contribution in [3.63, 3.8) is 0 Å². The molecular formula is C10H10ClF4N. The van der Waals surface area contributed by atoms with Crippen molar-refractivity contribution in [2.75, 3.05) is 6.54 Å². The molecule has 0 saturated heterocycles. The maximum atomic E-state index is 12.9. The van der Waals surface area contributed by atoms with E-state index >= 15 is 0 Å². The first-order valence-corrected chi connectivity index (χ1v) is 4.57. The van der Waals surface area contributed by atoms with Crippen molar-refractivity contribution in [3.05, 3.63) is 35.1 Å². The highest BCUT2D eigenvalue weighted by Crippen LogP contribution is 2.36. The normalized spacial score (nSPS) is 19.9. The summed E-state index contributed by atoms with van der Waals surface area (Å²) in [5, 5.41) is 2.35. The molecule has 0 spiro atoms. The van der Waals surface area contributed by atoms with Gasteiger partial charge in [0.15, 0.2) is 0 Å². The third-order valence-electron chi connectivity index (χ3n) is 2.49. The summed E-state index contributed by atoms with van der Waals surface area (Å²) in [6.07, 6.45) is -3.87. The number of nitrogens with one attached hydrogen (secondary N) is 1. The van der Waals surface area contributed by atoms with Crippen LogP contribution in [0.1, 0.15) is 17.2 Å². The van der Waals surface area contributed by atoms with Gasteiger partial charge in [-0.05, 0) is 29.7 Å². The highest BCUT2D eigenvalue weighted by molar-refractivity contribution is 5.85. The van der Waals surface area contributed by atoms with E-state index in [1.807, 2.05) is 0 Å². The first-order chi connectivity index (χ1) is 6.98. The fourth-order valence-corrected chi connectivity index (χ4v) is 1.82. The first kappa shape index (κ1) is 13.3. The van der Waals surface area contributed by atoms with Gasteiger partial charge < -0.3 is 5.32 Å². The molecular weight excluding hydrogens is 246 g/mol. The monoisotopic (exact) mass is 255 g/mol. The van der Waals surface area contributed by atoms with Gasteiger partial charge in [0, 0.05) is 6.54 Å². The van der Waals surface area contributed by atoms with Crippen LogP contribution in [0.2, 0.25) is 0 Å². The van der Waals surface area contributed by atoms with Crippen LogP contribution < -0.4 is 5.32 Å². The molecule has 1 aliphatic rings. The van der Waals surface area contributed by atoms with Gasteiger partial charge in [-0.1, -0.05) is 6.07 Å². The van der Waals surface area contributed by atoms with Crippen LogP contribution in [0.4, 0.5) is 17.6 Å². The second kappa shape index (κ2) is 4.59. The second-order valence-electron chi connectivity index (χ2n) is 3.52. The SMILES string of the molecule is Cl.Fc1ccc2c(c1)C(C(F)(F)F)NCC2. The molecule has 0 radical (unpaired) electrons. The molecule has 90 valence electrons. The van der Waals surface area contributed by atoms with Gasteiger partial charge in [-0.3, -0.25) is 0 Å². The van der Waals surface area contributed by atoms with E-state index in [1.165, 1.54) is 12.1 Å². The average Bonchev–Trinajstić information content (AvgIpc) is 2.15. The fourth-order valence-electron chi connectivity index (χ4n) is 1.82. The number of rotatable bonds is 0. The largest absolute Gasteiger partial charge is 0.407 e. The second-order valence-corrected chi connectivity index (χ2v) is 3.52. The molecule has 0 fully saturated rings. The van der Waals surface area contributed by atoms with Crippen LogP contribution in [-0.4, -0.2) is 12.7 Å². The van der Waals surface area contributed by atoms with Crippen molar-refractivity contribution < 1.29 is 17.6 Å². The predicted octanol–water partition coefficient (Wildman–Crippen LogP) is 3.00.